The van der Waals surface area contributed by atoms with E-state index in [9.17, 15) is 9.18 Å². The molecule has 0 aliphatic rings. The molecule has 0 aliphatic heterocycles. The van der Waals surface area contributed by atoms with Gasteiger partial charge in [-0.2, -0.15) is 0 Å². The lowest BCUT2D eigenvalue weighted by molar-refractivity contribution is -0.122. The van der Waals surface area contributed by atoms with Crippen LogP contribution in [0, 0.1) is 5.82 Å². The largest absolute Gasteiger partial charge is 0.384 e. The number of carbonyl (C=O) groups is 1. The fraction of sp³-hybridized carbons (Fsp3) is 0.350. The maximum absolute atomic E-state index is 13.1. The van der Waals surface area contributed by atoms with E-state index in [0.29, 0.717) is 29.4 Å². The molecule has 0 saturated heterocycles. The number of amides is 1. The second kappa shape index (κ2) is 8.74. The van der Waals surface area contributed by atoms with Gasteiger partial charge >= 0.3 is 0 Å². The van der Waals surface area contributed by atoms with E-state index in [1.54, 1.807) is 18.2 Å². The van der Waals surface area contributed by atoms with Gasteiger partial charge in [0.25, 0.3) is 0 Å². The Hall–Kier alpha value is -1.78. The molecule has 2 rings (SSSR count). The van der Waals surface area contributed by atoms with Crippen LogP contribution in [0.15, 0.2) is 36.4 Å². The highest BCUT2D eigenvalue weighted by Crippen LogP contribution is 2.33. The standard InChI is InChI=1S/C20H23Cl2FN2O/c1-20(2,3)25-18(26)10-11-24-17-9-8-16(21)19(22)15(17)12-13-4-6-14(23)7-5-13/h4-9,24H,10-12H2,1-3H3,(H,25,26). The summed E-state index contributed by atoms with van der Waals surface area (Å²) in [5, 5.41) is 7.09. The first-order valence-electron chi connectivity index (χ1n) is 8.42. The number of rotatable bonds is 6. The van der Waals surface area contributed by atoms with Gasteiger partial charge in [0.05, 0.1) is 10.0 Å². The minimum absolute atomic E-state index is 0.0230. The first-order valence-corrected chi connectivity index (χ1v) is 9.17. The molecule has 0 bridgehead atoms. The molecule has 0 atom stereocenters. The van der Waals surface area contributed by atoms with Crippen molar-refractivity contribution in [2.75, 3.05) is 11.9 Å². The van der Waals surface area contributed by atoms with Gasteiger partial charge in [0, 0.05) is 30.6 Å². The Labute approximate surface area is 163 Å². The summed E-state index contributed by atoms with van der Waals surface area (Å²) in [6.45, 7) is 6.30. The van der Waals surface area contributed by atoms with Crippen LogP contribution in [-0.4, -0.2) is 18.0 Å². The van der Waals surface area contributed by atoms with E-state index in [4.69, 9.17) is 23.2 Å². The monoisotopic (exact) mass is 396 g/mol. The fourth-order valence-electron chi connectivity index (χ4n) is 2.53. The van der Waals surface area contributed by atoms with Gasteiger partial charge in [0.15, 0.2) is 0 Å². The van der Waals surface area contributed by atoms with Crippen LogP contribution in [0.2, 0.25) is 10.0 Å². The maximum Gasteiger partial charge on any atom is 0.222 e. The van der Waals surface area contributed by atoms with E-state index >= 15 is 0 Å². The Bertz CT molecular complexity index is 771. The van der Waals surface area contributed by atoms with E-state index in [0.717, 1.165) is 16.8 Å². The lowest BCUT2D eigenvalue weighted by atomic mass is 10.0. The van der Waals surface area contributed by atoms with E-state index in [1.807, 2.05) is 26.8 Å². The molecule has 2 N–H and O–H groups in total. The van der Waals surface area contributed by atoms with Crippen molar-refractivity contribution in [3.63, 3.8) is 0 Å². The zero-order valence-corrected chi connectivity index (χ0v) is 16.6. The van der Waals surface area contributed by atoms with E-state index < -0.39 is 0 Å². The highest BCUT2D eigenvalue weighted by atomic mass is 35.5. The molecule has 0 aliphatic carbocycles. The summed E-state index contributed by atoms with van der Waals surface area (Å²) < 4.78 is 13.1. The molecule has 0 heterocycles. The average molecular weight is 397 g/mol. The van der Waals surface area contributed by atoms with Gasteiger partial charge in [0.1, 0.15) is 5.82 Å². The molecule has 140 valence electrons. The summed E-state index contributed by atoms with van der Waals surface area (Å²) in [5.41, 5.74) is 2.30. The lowest BCUT2D eigenvalue weighted by Gasteiger charge is -2.21. The molecular weight excluding hydrogens is 374 g/mol. The summed E-state index contributed by atoms with van der Waals surface area (Å²) in [6.07, 6.45) is 0.851. The minimum atomic E-state index is -0.283. The molecule has 0 radical (unpaired) electrons. The van der Waals surface area contributed by atoms with E-state index in [1.165, 1.54) is 12.1 Å². The summed E-state index contributed by atoms with van der Waals surface area (Å²) in [4.78, 5) is 11.9. The highest BCUT2D eigenvalue weighted by molar-refractivity contribution is 6.42. The molecule has 3 nitrogen and oxygen atoms in total. The zero-order chi connectivity index (χ0) is 19.3. The fourth-order valence-corrected chi connectivity index (χ4v) is 2.94. The van der Waals surface area contributed by atoms with Crippen LogP contribution in [0.4, 0.5) is 10.1 Å². The van der Waals surface area contributed by atoms with Crippen molar-refractivity contribution in [2.24, 2.45) is 0 Å². The van der Waals surface area contributed by atoms with Crippen LogP contribution < -0.4 is 10.6 Å². The molecule has 2 aromatic rings. The molecular formula is C20H23Cl2FN2O. The van der Waals surface area contributed by atoms with Gasteiger partial charge in [-0.15, -0.1) is 0 Å². The molecule has 0 fully saturated rings. The smallest absolute Gasteiger partial charge is 0.222 e. The predicted octanol–water partition coefficient (Wildman–Crippen LogP) is 5.44. The van der Waals surface area contributed by atoms with E-state index in [-0.39, 0.29) is 17.3 Å². The Balaban J connectivity index is 2.09. The normalized spacial score (nSPS) is 11.3. The van der Waals surface area contributed by atoms with Crippen molar-refractivity contribution >= 4 is 34.8 Å². The SMILES string of the molecule is CC(C)(C)NC(=O)CCNc1ccc(Cl)c(Cl)c1Cc1ccc(F)cc1. The van der Waals surface area contributed by atoms with Crippen LogP contribution in [0.3, 0.4) is 0 Å². The van der Waals surface area contributed by atoms with Crippen molar-refractivity contribution in [3.05, 3.63) is 63.4 Å². The van der Waals surface area contributed by atoms with Crippen LogP contribution >= 0.6 is 23.2 Å². The molecule has 6 heteroatoms. The third-order valence-electron chi connectivity index (χ3n) is 3.67. The summed E-state index contributed by atoms with van der Waals surface area (Å²) in [7, 11) is 0. The third-order valence-corrected chi connectivity index (χ3v) is 4.52. The van der Waals surface area contributed by atoms with Crippen molar-refractivity contribution in [1.29, 1.82) is 0 Å². The van der Waals surface area contributed by atoms with Crippen molar-refractivity contribution < 1.29 is 9.18 Å². The van der Waals surface area contributed by atoms with Crippen LogP contribution in [0.25, 0.3) is 0 Å². The Morgan fingerprint density at radius 3 is 2.35 bits per heavy atom. The molecule has 0 unspecified atom stereocenters. The second-order valence-electron chi connectivity index (χ2n) is 7.17. The Kier molecular flexibility index (Phi) is 6.90. The summed E-state index contributed by atoms with van der Waals surface area (Å²) in [6, 6.07) is 9.82. The lowest BCUT2D eigenvalue weighted by Crippen LogP contribution is -2.41. The van der Waals surface area contributed by atoms with Crippen molar-refractivity contribution in [1.82, 2.24) is 5.32 Å². The summed E-state index contributed by atoms with van der Waals surface area (Å²) >= 11 is 12.5. The predicted molar refractivity (Wildman–Crippen MR) is 107 cm³/mol. The Morgan fingerprint density at radius 1 is 1.08 bits per heavy atom. The number of benzene rings is 2. The molecule has 0 saturated carbocycles. The minimum Gasteiger partial charge on any atom is -0.384 e. The van der Waals surface area contributed by atoms with Crippen molar-refractivity contribution in [3.8, 4) is 0 Å². The van der Waals surface area contributed by atoms with Gasteiger partial charge in [-0.3, -0.25) is 4.79 Å². The quantitative estimate of drug-likeness (QED) is 0.682. The highest BCUT2D eigenvalue weighted by Gasteiger charge is 2.15. The molecule has 26 heavy (non-hydrogen) atoms. The third kappa shape index (κ3) is 6.19. The average Bonchev–Trinajstić information content (AvgIpc) is 2.54. The number of hydrogen-bond donors (Lipinski definition) is 2. The second-order valence-corrected chi connectivity index (χ2v) is 7.95. The number of anilines is 1. The van der Waals surface area contributed by atoms with Crippen LogP contribution in [0.1, 0.15) is 38.3 Å². The summed E-state index contributed by atoms with van der Waals surface area (Å²) in [5.74, 6) is -0.306. The van der Waals surface area contributed by atoms with Crippen molar-refractivity contribution in [2.45, 2.75) is 39.2 Å². The molecule has 1 amide bonds. The van der Waals surface area contributed by atoms with Gasteiger partial charge in [-0.1, -0.05) is 35.3 Å². The topological polar surface area (TPSA) is 41.1 Å². The first kappa shape index (κ1) is 20.5. The molecule has 2 aromatic carbocycles. The van der Waals surface area contributed by atoms with E-state index in [2.05, 4.69) is 10.6 Å². The first-order chi connectivity index (χ1) is 12.2. The molecule has 0 spiro atoms. The van der Waals surface area contributed by atoms with Crippen LogP contribution in [0.5, 0.6) is 0 Å². The maximum atomic E-state index is 13.1. The number of carbonyl (C=O) groups excluding carboxylic acids is 1. The molecule has 0 aromatic heterocycles. The Morgan fingerprint density at radius 2 is 1.73 bits per heavy atom. The zero-order valence-electron chi connectivity index (χ0n) is 15.1. The number of nitrogens with one attached hydrogen (secondary N) is 2. The van der Waals surface area contributed by atoms with Gasteiger partial charge in [-0.05, 0) is 56.2 Å². The van der Waals surface area contributed by atoms with Gasteiger partial charge in [0.2, 0.25) is 5.91 Å². The number of hydrogen-bond acceptors (Lipinski definition) is 2. The number of halogens is 3. The van der Waals surface area contributed by atoms with Crippen LogP contribution in [-0.2, 0) is 11.2 Å². The van der Waals surface area contributed by atoms with Gasteiger partial charge < -0.3 is 10.6 Å². The van der Waals surface area contributed by atoms with Gasteiger partial charge in [-0.25, -0.2) is 4.39 Å².